The number of aryl methyl sites for hydroxylation is 2. The zero-order chi connectivity index (χ0) is 52.4. The van der Waals surface area contributed by atoms with Gasteiger partial charge in [-0.05, 0) is 163 Å². The lowest BCUT2D eigenvalue weighted by Gasteiger charge is -2.32. The molecule has 2 aromatic heterocycles. The van der Waals surface area contributed by atoms with Crippen molar-refractivity contribution >= 4 is 60.9 Å². The fourth-order valence-electron chi connectivity index (χ4n) is 15.5. The van der Waals surface area contributed by atoms with Crippen LogP contribution in [0.25, 0.3) is 99.5 Å². The van der Waals surface area contributed by atoms with Gasteiger partial charge in [-0.25, -0.2) is 0 Å². The summed E-state index contributed by atoms with van der Waals surface area (Å²) in [6, 6.07) is 66.4. The Kier molecular flexibility index (Phi) is 8.59. The molecule has 2 heterocycles. The lowest BCUT2D eigenvalue weighted by Crippen LogP contribution is -2.24. The van der Waals surface area contributed by atoms with Crippen LogP contribution in [0.15, 0.2) is 185 Å². The SMILES string of the molecule is Cc1ccc(-c2cc3c(c4c2oc2ccccc24)-c2ccc(N(c4ccc5c(c4)C(C)(C)c4ccccc4-5)c4ccc5c(c4)C(C)(C)c4c6c(c7c(oc8ccccc87)c4-5)-c4ccccc4C6(C)C)cc2C3(C)C)c(C)c1. The summed E-state index contributed by atoms with van der Waals surface area (Å²) in [5.74, 6) is 0. The minimum Gasteiger partial charge on any atom is -0.455 e. The van der Waals surface area contributed by atoms with Crippen LogP contribution in [0.2, 0.25) is 0 Å². The molecule has 12 aromatic rings. The van der Waals surface area contributed by atoms with Crippen LogP contribution in [0.5, 0.6) is 0 Å². The first-order valence-corrected chi connectivity index (χ1v) is 27.6. The molecular weight excluding hydrogens is 935 g/mol. The van der Waals surface area contributed by atoms with Gasteiger partial charge in [0.2, 0.25) is 0 Å². The quantitative estimate of drug-likeness (QED) is 0.176. The molecule has 0 N–H and O–H groups in total. The van der Waals surface area contributed by atoms with E-state index in [0.29, 0.717) is 0 Å². The van der Waals surface area contributed by atoms with E-state index < -0.39 is 0 Å². The van der Waals surface area contributed by atoms with E-state index in [2.05, 4.69) is 250 Å². The molecule has 0 unspecified atom stereocenters. The smallest absolute Gasteiger partial charge is 0.144 e. The summed E-state index contributed by atoms with van der Waals surface area (Å²) < 4.78 is 14.1. The van der Waals surface area contributed by atoms with E-state index in [-0.39, 0.29) is 21.7 Å². The molecule has 0 fully saturated rings. The predicted octanol–water partition coefficient (Wildman–Crippen LogP) is 20.5. The number of fused-ring (bicyclic) bond motifs is 22. The van der Waals surface area contributed by atoms with Gasteiger partial charge in [0.25, 0.3) is 0 Å². The Labute approximate surface area is 450 Å². The van der Waals surface area contributed by atoms with Gasteiger partial charge in [-0.2, -0.15) is 0 Å². The van der Waals surface area contributed by atoms with Crippen LogP contribution in [0, 0.1) is 13.8 Å². The van der Waals surface area contributed by atoms with Gasteiger partial charge >= 0.3 is 0 Å². The van der Waals surface area contributed by atoms with E-state index in [4.69, 9.17) is 8.83 Å². The van der Waals surface area contributed by atoms with E-state index in [1.807, 2.05) is 0 Å². The molecule has 10 aromatic carbocycles. The molecule has 16 rings (SSSR count). The largest absolute Gasteiger partial charge is 0.455 e. The Hall–Kier alpha value is -8.40. The van der Waals surface area contributed by atoms with Crippen LogP contribution in [0.3, 0.4) is 0 Å². The number of rotatable bonds is 4. The molecule has 0 aliphatic heterocycles. The molecule has 0 saturated carbocycles. The van der Waals surface area contributed by atoms with Gasteiger partial charge in [-0.3, -0.25) is 0 Å². The normalized spacial score (nSPS) is 16.1. The predicted molar refractivity (Wildman–Crippen MR) is 321 cm³/mol. The molecule has 0 amide bonds. The minimum atomic E-state index is -0.363. The van der Waals surface area contributed by atoms with Crippen molar-refractivity contribution < 1.29 is 8.83 Å². The van der Waals surface area contributed by atoms with Crippen molar-refractivity contribution in [3.63, 3.8) is 0 Å². The third-order valence-electron chi connectivity index (χ3n) is 19.2. The summed E-state index contributed by atoms with van der Waals surface area (Å²) in [6.45, 7) is 23.8. The second-order valence-corrected chi connectivity index (χ2v) is 24.9. The summed E-state index contributed by atoms with van der Waals surface area (Å²) in [5.41, 5.74) is 32.1. The summed E-state index contributed by atoms with van der Waals surface area (Å²) >= 11 is 0. The van der Waals surface area contributed by atoms with E-state index >= 15 is 0 Å². The number of benzene rings is 10. The summed E-state index contributed by atoms with van der Waals surface area (Å²) in [5, 5.41) is 4.75. The van der Waals surface area contributed by atoms with E-state index in [1.54, 1.807) is 0 Å². The monoisotopic (exact) mass is 993 g/mol. The number of anilines is 3. The molecule has 3 nitrogen and oxygen atoms in total. The van der Waals surface area contributed by atoms with Crippen molar-refractivity contribution in [3.8, 4) is 55.6 Å². The minimum absolute atomic E-state index is 0.175. The number of hydrogen-bond donors (Lipinski definition) is 0. The Morgan fingerprint density at radius 2 is 0.766 bits per heavy atom. The van der Waals surface area contributed by atoms with Crippen LogP contribution in [-0.2, 0) is 21.7 Å². The van der Waals surface area contributed by atoms with Crippen LogP contribution in [0.4, 0.5) is 17.1 Å². The van der Waals surface area contributed by atoms with Crippen molar-refractivity contribution in [3.05, 3.63) is 232 Å². The molecular formula is C74H59NO2. The van der Waals surface area contributed by atoms with Crippen LogP contribution in [-0.4, -0.2) is 0 Å². The maximum absolute atomic E-state index is 7.12. The Bertz CT molecular complexity index is 4660. The van der Waals surface area contributed by atoms with E-state index in [1.165, 1.54) is 122 Å². The van der Waals surface area contributed by atoms with Crippen molar-refractivity contribution in [2.24, 2.45) is 0 Å². The second kappa shape index (κ2) is 14.7. The van der Waals surface area contributed by atoms with Crippen LogP contribution in [0.1, 0.15) is 111 Å². The molecule has 4 aliphatic rings. The number of furan rings is 2. The van der Waals surface area contributed by atoms with Gasteiger partial charge in [0, 0.05) is 71.4 Å². The third-order valence-corrected chi connectivity index (χ3v) is 19.2. The highest BCUT2D eigenvalue weighted by molar-refractivity contribution is 6.21. The molecule has 0 saturated heterocycles. The lowest BCUT2D eigenvalue weighted by molar-refractivity contribution is 0.600. The highest BCUT2D eigenvalue weighted by Crippen LogP contribution is 2.64. The molecule has 0 bridgehead atoms. The van der Waals surface area contributed by atoms with Crippen molar-refractivity contribution in [1.82, 2.24) is 0 Å². The zero-order valence-electron chi connectivity index (χ0n) is 45.5. The van der Waals surface area contributed by atoms with Crippen LogP contribution >= 0.6 is 0 Å². The van der Waals surface area contributed by atoms with E-state index in [0.717, 1.165) is 50.3 Å². The van der Waals surface area contributed by atoms with Crippen molar-refractivity contribution in [2.45, 2.75) is 90.9 Å². The van der Waals surface area contributed by atoms with Gasteiger partial charge in [0.05, 0.1) is 0 Å². The first-order chi connectivity index (χ1) is 37.0. The van der Waals surface area contributed by atoms with Gasteiger partial charge in [0.1, 0.15) is 22.3 Å². The third kappa shape index (κ3) is 5.62. The molecule has 3 heteroatoms. The van der Waals surface area contributed by atoms with Crippen molar-refractivity contribution in [1.29, 1.82) is 0 Å². The van der Waals surface area contributed by atoms with Gasteiger partial charge in [-0.15, -0.1) is 0 Å². The number of nitrogens with zero attached hydrogens (tertiary/aromatic N) is 1. The number of hydrogen-bond acceptors (Lipinski definition) is 3. The highest BCUT2D eigenvalue weighted by Gasteiger charge is 2.49. The molecule has 0 atom stereocenters. The average Bonchev–Trinajstić information content (AvgIpc) is 3.93. The maximum Gasteiger partial charge on any atom is 0.144 e. The highest BCUT2D eigenvalue weighted by atomic mass is 16.3. The molecule has 372 valence electrons. The first kappa shape index (κ1) is 44.9. The summed E-state index contributed by atoms with van der Waals surface area (Å²) in [4.78, 5) is 2.54. The molecule has 0 spiro atoms. The van der Waals surface area contributed by atoms with E-state index in [9.17, 15) is 0 Å². The number of para-hydroxylation sites is 2. The standard InChI is InChI=1S/C74H59NO2/c1-40-27-31-45(41(2)35-40)53-39-59-62(64-51-21-13-17-25-60(51)76-69(53)64)49-33-29-43(37-57(49)72(59,5)6)75(42-28-32-47-46-19-11-15-23-54(46)71(3,4)56(47)36-42)44-30-34-50-58(38-44)74(9,10)68-66(50)70-65(52-22-14-18-26-61(52)77-70)63-48-20-12-16-24-55(48)73(7,8)67(63)68/h11-39H,1-10H3. The molecule has 77 heavy (non-hydrogen) atoms. The Balaban J connectivity index is 0.932. The molecule has 0 radical (unpaired) electrons. The summed E-state index contributed by atoms with van der Waals surface area (Å²) in [7, 11) is 0. The summed E-state index contributed by atoms with van der Waals surface area (Å²) in [6.07, 6.45) is 0. The van der Waals surface area contributed by atoms with Gasteiger partial charge in [0.15, 0.2) is 0 Å². The lowest BCUT2D eigenvalue weighted by atomic mass is 9.72. The second-order valence-electron chi connectivity index (χ2n) is 24.9. The topological polar surface area (TPSA) is 29.5 Å². The fraction of sp³-hybridized carbons (Fsp3) is 0.189. The van der Waals surface area contributed by atoms with Crippen molar-refractivity contribution in [2.75, 3.05) is 4.90 Å². The molecule has 4 aliphatic carbocycles. The Morgan fingerprint density at radius 3 is 1.42 bits per heavy atom. The van der Waals surface area contributed by atoms with Crippen LogP contribution < -0.4 is 4.90 Å². The van der Waals surface area contributed by atoms with Gasteiger partial charge in [-0.1, -0.05) is 182 Å². The average molecular weight is 994 g/mol. The van der Waals surface area contributed by atoms with Gasteiger partial charge < -0.3 is 13.7 Å². The Morgan fingerprint density at radius 1 is 0.325 bits per heavy atom. The first-order valence-electron chi connectivity index (χ1n) is 27.6. The fourth-order valence-corrected chi connectivity index (χ4v) is 15.5. The zero-order valence-corrected chi connectivity index (χ0v) is 45.5. The maximum atomic E-state index is 7.12.